The first-order valence-electron chi connectivity index (χ1n) is 9.86. The van der Waals surface area contributed by atoms with Gasteiger partial charge >= 0.3 is 0 Å². The van der Waals surface area contributed by atoms with Crippen LogP contribution < -0.4 is 5.32 Å². The van der Waals surface area contributed by atoms with Crippen molar-refractivity contribution in [2.45, 2.75) is 19.8 Å². The number of aromatic amines is 1. The van der Waals surface area contributed by atoms with E-state index in [9.17, 15) is 9.18 Å². The molecule has 4 heterocycles. The highest BCUT2D eigenvalue weighted by molar-refractivity contribution is 6.31. The summed E-state index contributed by atoms with van der Waals surface area (Å²) in [5.74, 6) is 0.238. The number of piperidine rings is 1. The van der Waals surface area contributed by atoms with Gasteiger partial charge in [0.2, 0.25) is 5.91 Å². The number of aromatic nitrogens is 4. The van der Waals surface area contributed by atoms with Crippen molar-refractivity contribution in [3.63, 3.8) is 0 Å². The van der Waals surface area contributed by atoms with E-state index >= 15 is 0 Å². The van der Waals surface area contributed by atoms with Gasteiger partial charge in [0.15, 0.2) is 17.5 Å². The van der Waals surface area contributed by atoms with E-state index in [0.29, 0.717) is 35.1 Å². The van der Waals surface area contributed by atoms with E-state index in [4.69, 9.17) is 11.6 Å². The number of anilines is 1. The summed E-state index contributed by atoms with van der Waals surface area (Å²) in [7, 11) is 0. The molecule has 1 amide bonds. The molecule has 7 nitrogen and oxygen atoms in total. The van der Waals surface area contributed by atoms with Gasteiger partial charge in [0, 0.05) is 43.0 Å². The standard InChI is InChI=1S/C21H22ClFN6O/c1-2-4-18(30)29-6-3-5-13(12-29)8-24-21-17(23)11-27-20(28-21)16-10-26-19-15(16)7-14(22)9-25-19/h2,4,7,9-11,13H,3,5-6,8,12H2,1H3,(H,25,26)(H,24,27,28)/b4-2+. The number of rotatable bonds is 5. The Morgan fingerprint density at radius 1 is 1.43 bits per heavy atom. The van der Waals surface area contributed by atoms with Crippen LogP contribution in [0.25, 0.3) is 22.4 Å². The van der Waals surface area contributed by atoms with Gasteiger partial charge in [-0.1, -0.05) is 17.7 Å². The Hall–Kier alpha value is -3.00. The first kappa shape index (κ1) is 20.3. The molecule has 1 aliphatic heterocycles. The molecule has 1 fully saturated rings. The fourth-order valence-electron chi connectivity index (χ4n) is 3.70. The van der Waals surface area contributed by atoms with E-state index in [0.717, 1.165) is 31.0 Å². The second-order valence-corrected chi connectivity index (χ2v) is 7.75. The Morgan fingerprint density at radius 2 is 2.30 bits per heavy atom. The first-order chi connectivity index (χ1) is 14.5. The van der Waals surface area contributed by atoms with Crippen LogP contribution in [0.2, 0.25) is 5.02 Å². The number of halogens is 2. The minimum absolute atomic E-state index is 0.0179. The molecular formula is C21H22ClFN6O. The number of H-pyrrole nitrogens is 1. The number of likely N-dealkylation sites (tertiary alicyclic amines) is 1. The molecular weight excluding hydrogens is 407 g/mol. The van der Waals surface area contributed by atoms with Crippen LogP contribution in [0.3, 0.4) is 0 Å². The van der Waals surface area contributed by atoms with Crippen LogP contribution in [-0.4, -0.2) is 50.4 Å². The van der Waals surface area contributed by atoms with Crippen molar-refractivity contribution < 1.29 is 9.18 Å². The van der Waals surface area contributed by atoms with E-state index in [2.05, 4.69) is 25.3 Å². The fraction of sp³-hybridized carbons (Fsp3) is 0.333. The molecule has 0 radical (unpaired) electrons. The molecule has 0 spiro atoms. The third-order valence-corrected chi connectivity index (χ3v) is 5.39. The molecule has 0 saturated carbocycles. The molecule has 1 atom stereocenters. The topological polar surface area (TPSA) is 86.8 Å². The van der Waals surface area contributed by atoms with Gasteiger partial charge in [-0.25, -0.2) is 19.3 Å². The van der Waals surface area contributed by atoms with Gasteiger partial charge in [0.1, 0.15) is 5.65 Å². The van der Waals surface area contributed by atoms with Crippen LogP contribution in [0.1, 0.15) is 19.8 Å². The molecule has 0 bridgehead atoms. The molecule has 0 aliphatic carbocycles. The largest absolute Gasteiger partial charge is 0.367 e. The fourth-order valence-corrected chi connectivity index (χ4v) is 3.86. The zero-order chi connectivity index (χ0) is 21.1. The number of amides is 1. The predicted molar refractivity (Wildman–Crippen MR) is 115 cm³/mol. The van der Waals surface area contributed by atoms with E-state index in [-0.39, 0.29) is 17.6 Å². The van der Waals surface area contributed by atoms with Crippen molar-refractivity contribution in [2.75, 3.05) is 25.0 Å². The molecule has 9 heteroatoms. The van der Waals surface area contributed by atoms with Crippen LogP contribution in [-0.2, 0) is 4.79 Å². The predicted octanol–water partition coefficient (Wildman–Crippen LogP) is 4.04. The number of nitrogens with one attached hydrogen (secondary N) is 2. The van der Waals surface area contributed by atoms with Crippen molar-refractivity contribution in [3.05, 3.63) is 47.6 Å². The van der Waals surface area contributed by atoms with Crippen LogP contribution in [0, 0.1) is 11.7 Å². The number of hydrogen-bond donors (Lipinski definition) is 2. The van der Waals surface area contributed by atoms with Crippen molar-refractivity contribution in [3.8, 4) is 11.4 Å². The molecule has 3 aromatic rings. The zero-order valence-electron chi connectivity index (χ0n) is 16.5. The normalized spacial score (nSPS) is 17.0. The Bertz CT molecular complexity index is 1100. The third-order valence-electron chi connectivity index (χ3n) is 5.18. The van der Waals surface area contributed by atoms with Gasteiger partial charge in [0.25, 0.3) is 0 Å². The van der Waals surface area contributed by atoms with Gasteiger partial charge < -0.3 is 15.2 Å². The minimum Gasteiger partial charge on any atom is -0.367 e. The van der Waals surface area contributed by atoms with Crippen molar-refractivity contribution >= 4 is 34.4 Å². The summed E-state index contributed by atoms with van der Waals surface area (Å²) in [6.45, 7) is 3.74. The smallest absolute Gasteiger partial charge is 0.246 e. The van der Waals surface area contributed by atoms with Gasteiger partial charge in [-0.05, 0) is 37.8 Å². The maximum atomic E-state index is 14.3. The van der Waals surface area contributed by atoms with Crippen molar-refractivity contribution in [2.24, 2.45) is 5.92 Å². The maximum absolute atomic E-state index is 14.3. The van der Waals surface area contributed by atoms with E-state index in [1.807, 2.05) is 11.8 Å². The van der Waals surface area contributed by atoms with Crippen LogP contribution in [0.15, 0.2) is 36.8 Å². The lowest BCUT2D eigenvalue weighted by Crippen LogP contribution is -2.41. The summed E-state index contributed by atoms with van der Waals surface area (Å²) >= 11 is 6.06. The average molecular weight is 429 g/mol. The number of carbonyl (C=O) groups excluding carboxylic acids is 1. The number of carbonyl (C=O) groups is 1. The molecule has 30 heavy (non-hydrogen) atoms. The van der Waals surface area contributed by atoms with Gasteiger partial charge in [-0.3, -0.25) is 4.79 Å². The summed E-state index contributed by atoms with van der Waals surface area (Å²) in [5, 5.41) is 4.37. The molecule has 1 unspecified atom stereocenters. The van der Waals surface area contributed by atoms with Gasteiger partial charge in [0.05, 0.1) is 11.2 Å². The van der Waals surface area contributed by atoms with Crippen molar-refractivity contribution in [1.29, 1.82) is 0 Å². The molecule has 2 N–H and O–H groups in total. The van der Waals surface area contributed by atoms with E-state index < -0.39 is 5.82 Å². The Morgan fingerprint density at radius 3 is 3.13 bits per heavy atom. The van der Waals surface area contributed by atoms with Gasteiger partial charge in [-0.2, -0.15) is 0 Å². The lowest BCUT2D eigenvalue weighted by atomic mass is 9.98. The number of nitrogens with zero attached hydrogens (tertiary/aromatic N) is 4. The van der Waals surface area contributed by atoms with Crippen LogP contribution in [0.5, 0.6) is 0 Å². The molecule has 0 aromatic carbocycles. The first-order valence-corrected chi connectivity index (χ1v) is 10.2. The number of allylic oxidation sites excluding steroid dienone is 1. The minimum atomic E-state index is -0.521. The second kappa shape index (κ2) is 8.79. The number of pyridine rings is 1. The lowest BCUT2D eigenvalue weighted by Gasteiger charge is -2.32. The SMILES string of the molecule is C/C=C/C(=O)N1CCCC(CNc2nc(-c3c[nH]c4ncc(Cl)cc34)ncc2F)C1. The molecule has 1 saturated heterocycles. The lowest BCUT2D eigenvalue weighted by molar-refractivity contribution is -0.127. The maximum Gasteiger partial charge on any atom is 0.246 e. The highest BCUT2D eigenvalue weighted by Gasteiger charge is 2.23. The summed E-state index contributed by atoms with van der Waals surface area (Å²) in [6, 6.07) is 1.77. The molecule has 4 rings (SSSR count). The monoisotopic (exact) mass is 428 g/mol. The third kappa shape index (κ3) is 4.28. The summed E-state index contributed by atoms with van der Waals surface area (Å²) in [6.07, 6.45) is 9.66. The van der Waals surface area contributed by atoms with E-state index in [1.54, 1.807) is 30.6 Å². The Labute approximate surface area is 178 Å². The summed E-state index contributed by atoms with van der Waals surface area (Å²) in [5.41, 5.74) is 1.36. The number of fused-ring (bicyclic) bond motifs is 1. The summed E-state index contributed by atoms with van der Waals surface area (Å²) < 4.78 is 14.3. The molecule has 1 aliphatic rings. The Kier molecular flexibility index (Phi) is 5.94. The second-order valence-electron chi connectivity index (χ2n) is 7.32. The quantitative estimate of drug-likeness (QED) is 0.599. The molecule has 3 aromatic heterocycles. The highest BCUT2D eigenvalue weighted by atomic mass is 35.5. The highest BCUT2D eigenvalue weighted by Crippen LogP contribution is 2.28. The Balaban J connectivity index is 1.50. The zero-order valence-corrected chi connectivity index (χ0v) is 17.3. The van der Waals surface area contributed by atoms with E-state index in [1.165, 1.54) is 0 Å². The number of hydrogen-bond acceptors (Lipinski definition) is 5. The van der Waals surface area contributed by atoms with Gasteiger partial charge in [-0.15, -0.1) is 0 Å². The summed E-state index contributed by atoms with van der Waals surface area (Å²) in [4.78, 5) is 29.7. The molecule has 156 valence electrons. The van der Waals surface area contributed by atoms with Crippen LogP contribution in [0.4, 0.5) is 10.2 Å². The average Bonchev–Trinajstić information content (AvgIpc) is 3.16. The van der Waals surface area contributed by atoms with Crippen LogP contribution >= 0.6 is 11.6 Å². The van der Waals surface area contributed by atoms with Crippen molar-refractivity contribution in [1.82, 2.24) is 24.8 Å².